The van der Waals surface area contributed by atoms with Crippen molar-refractivity contribution in [2.24, 2.45) is 0 Å². The van der Waals surface area contributed by atoms with E-state index in [-0.39, 0.29) is 24.8 Å². The van der Waals surface area contributed by atoms with Crippen LogP contribution in [0, 0.1) is 0 Å². The molecule has 0 fully saturated rings. The molecule has 1 heterocycles. The van der Waals surface area contributed by atoms with Gasteiger partial charge in [-0.25, -0.2) is 0 Å². The van der Waals surface area contributed by atoms with Crippen LogP contribution in [0.5, 0.6) is 11.5 Å². The molecule has 0 saturated heterocycles. The monoisotopic (exact) mass is 486 g/mol. The van der Waals surface area contributed by atoms with E-state index in [4.69, 9.17) is 4.42 Å². The molecule has 0 saturated carbocycles. The second-order valence-electron chi connectivity index (χ2n) is 6.16. The molecule has 31 heavy (non-hydrogen) atoms. The van der Waals surface area contributed by atoms with E-state index >= 15 is 0 Å². The van der Waals surface area contributed by atoms with Gasteiger partial charge < -0.3 is 35.0 Å². The fourth-order valence-corrected chi connectivity index (χ4v) is 3.05. The van der Waals surface area contributed by atoms with Gasteiger partial charge in [0.1, 0.15) is 11.5 Å². The number of rotatable bonds is 1. The SMILES string of the molecule is Oc1cccc2ccccc12.Oc1cccc2ccccc12.[Cl-].[Cl-].[Ti]=[CH]c1ccco1. The van der Waals surface area contributed by atoms with Gasteiger partial charge in [0.25, 0.3) is 0 Å². The third-order valence-electron chi connectivity index (χ3n) is 4.22. The van der Waals surface area contributed by atoms with Crippen molar-refractivity contribution in [3.63, 3.8) is 0 Å². The van der Waals surface area contributed by atoms with Crippen molar-refractivity contribution in [1.29, 1.82) is 0 Å². The molecule has 0 aliphatic rings. The average Bonchev–Trinajstić information content (AvgIpc) is 3.30. The molecule has 5 aromatic rings. The van der Waals surface area contributed by atoms with E-state index in [2.05, 4.69) is 0 Å². The van der Waals surface area contributed by atoms with E-state index in [0.29, 0.717) is 11.5 Å². The topological polar surface area (TPSA) is 53.6 Å². The molecule has 0 aliphatic heterocycles. The van der Waals surface area contributed by atoms with E-state index in [1.54, 1.807) is 18.4 Å². The Morgan fingerprint density at radius 2 is 1.03 bits per heavy atom. The van der Waals surface area contributed by atoms with Crippen LogP contribution in [0.3, 0.4) is 0 Å². The van der Waals surface area contributed by atoms with Crippen molar-refractivity contribution in [2.75, 3.05) is 0 Å². The van der Waals surface area contributed by atoms with Crippen molar-refractivity contribution < 1.29 is 59.4 Å². The Bertz CT molecular complexity index is 1120. The van der Waals surface area contributed by atoms with Crippen molar-refractivity contribution in [2.45, 2.75) is 0 Å². The van der Waals surface area contributed by atoms with Gasteiger partial charge in [0.15, 0.2) is 0 Å². The van der Waals surface area contributed by atoms with E-state index < -0.39 is 0 Å². The third kappa shape index (κ3) is 7.57. The zero-order chi connectivity index (χ0) is 20.5. The van der Waals surface area contributed by atoms with Crippen molar-refractivity contribution in [1.82, 2.24) is 0 Å². The van der Waals surface area contributed by atoms with Gasteiger partial charge in [-0.15, -0.1) is 0 Å². The van der Waals surface area contributed by atoms with Gasteiger partial charge in [-0.3, -0.25) is 0 Å². The van der Waals surface area contributed by atoms with Crippen molar-refractivity contribution in [3.8, 4) is 11.5 Å². The molecule has 158 valence electrons. The Morgan fingerprint density at radius 3 is 1.39 bits per heavy atom. The number of hydrogen-bond donors (Lipinski definition) is 2. The summed E-state index contributed by atoms with van der Waals surface area (Å²) >= 11 is 1.94. The van der Waals surface area contributed by atoms with E-state index in [9.17, 15) is 10.2 Å². The summed E-state index contributed by atoms with van der Waals surface area (Å²) in [4.78, 5) is 0. The van der Waals surface area contributed by atoms with Crippen molar-refractivity contribution in [3.05, 3.63) is 109 Å². The van der Waals surface area contributed by atoms with Crippen molar-refractivity contribution >= 4 is 25.9 Å². The fraction of sp³-hybridized carbons (Fsp3) is 0. The Labute approximate surface area is 205 Å². The number of furan rings is 1. The van der Waals surface area contributed by atoms with Gasteiger partial charge in [-0.2, -0.15) is 0 Å². The van der Waals surface area contributed by atoms with E-state index in [1.807, 2.05) is 109 Å². The zero-order valence-electron chi connectivity index (χ0n) is 16.5. The van der Waals surface area contributed by atoms with Crippen LogP contribution in [0.2, 0.25) is 0 Å². The quantitative estimate of drug-likeness (QED) is 0.330. The first-order valence-corrected chi connectivity index (χ1v) is 9.96. The zero-order valence-corrected chi connectivity index (χ0v) is 19.5. The number of fused-ring (bicyclic) bond motifs is 2. The Morgan fingerprint density at radius 1 is 0.581 bits per heavy atom. The minimum absolute atomic E-state index is 0. The molecule has 0 atom stereocenters. The van der Waals surface area contributed by atoms with Gasteiger partial charge in [0.05, 0.1) is 0 Å². The molecular weight excluding hydrogens is 467 g/mol. The molecule has 2 N–H and O–H groups in total. The second kappa shape index (κ2) is 13.7. The van der Waals surface area contributed by atoms with Crippen LogP contribution in [-0.4, -0.2) is 14.5 Å². The molecule has 0 unspecified atom stereocenters. The van der Waals surface area contributed by atoms with Gasteiger partial charge in [0.2, 0.25) is 0 Å². The van der Waals surface area contributed by atoms with Gasteiger partial charge in [-0.1, -0.05) is 72.8 Å². The summed E-state index contributed by atoms with van der Waals surface area (Å²) in [5.41, 5.74) is 0. The molecule has 0 amide bonds. The molecule has 1 aromatic heterocycles. The Balaban J connectivity index is 0.000000231. The fourth-order valence-electron chi connectivity index (χ4n) is 2.79. The number of phenolic OH excluding ortho intramolecular Hbond substituents is 2. The summed E-state index contributed by atoms with van der Waals surface area (Å²) in [7, 11) is 0. The predicted octanol–water partition coefficient (Wildman–Crippen LogP) is 0.0755. The average molecular weight is 487 g/mol. The summed E-state index contributed by atoms with van der Waals surface area (Å²) in [6.45, 7) is 0. The van der Waals surface area contributed by atoms with Crippen LogP contribution in [0.25, 0.3) is 21.5 Å². The van der Waals surface area contributed by atoms with E-state index in [1.165, 1.54) is 0 Å². The summed E-state index contributed by atoms with van der Waals surface area (Å²) in [5, 5.41) is 22.7. The molecule has 3 nitrogen and oxygen atoms in total. The van der Waals surface area contributed by atoms with Crippen LogP contribution in [0.15, 0.2) is 108 Å². The van der Waals surface area contributed by atoms with Crippen LogP contribution in [0.4, 0.5) is 0 Å². The van der Waals surface area contributed by atoms with Crippen LogP contribution in [-0.2, 0) is 20.0 Å². The maximum absolute atomic E-state index is 9.37. The third-order valence-corrected chi connectivity index (χ3v) is 4.66. The van der Waals surface area contributed by atoms with Gasteiger partial charge in [0, 0.05) is 10.8 Å². The van der Waals surface area contributed by atoms with Crippen LogP contribution in [0.1, 0.15) is 5.76 Å². The molecule has 5 rings (SSSR count). The number of phenols is 2. The minimum atomic E-state index is 0. The molecule has 0 radical (unpaired) electrons. The second-order valence-corrected chi connectivity index (χ2v) is 6.61. The Kier molecular flexibility index (Phi) is 11.7. The summed E-state index contributed by atoms with van der Waals surface area (Å²) < 4.78 is 6.84. The molecule has 0 spiro atoms. The molecule has 0 bridgehead atoms. The summed E-state index contributed by atoms with van der Waals surface area (Å²) in [6, 6.07) is 30.4. The first-order chi connectivity index (χ1) is 14.2. The number of halogens is 2. The molecule has 4 aromatic carbocycles. The first kappa shape index (κ1) is 26.5. The van der Waals surface area contributed by atoms with Crippen LogP contribution < -0.4 is 24.8 Å². The van der Waals surface area contributed by atoms with Crippen LogP contribution >= 0.6 is 0 Å². The first-order valence-electron chi connectivity index (χ1n) is 9.06. The molecular formula is C25H20Cl2O3Ti-2. The number of benzene rings is 4. The van der Waals surface area contributed by atoms with E-state index in [0.717, 1.165) is 27.3 Å². The van der Waals surface area contributed by atoms with Gasteiger partial charge >= 0.3 is 52.9 Å². The predicted molar refractivity (Wildman–Crippen MR) is 115 cm³/mol. The Hall–Kier alpha value is -2.56. The maximum atomic E-state index is 9.37. The normalized spacial score (nSPS) is 9.13. The summed E-state index contributed by atoms with van der Waals surface area (Å²) in [5.74, 6) is 1.63. The molecule has 6 heteroatoms. The number of hydrogen-bond acceptors (Lipinski definition) is 3. The summed E-state index contributed by atoms with van der Waals surface area (Å²) in [6.07, 6.45) is 1.66. The standard InChI is InChI=1S/2C10H8O.C5H4O.2ClH.Ti/c2*11-10-7-3-5-8-4-1-2-6-9(8)10;1-5-3-2-4-6-5;;;/h2*1-7,11H;1-4H;2*1H;/p-2. The number of aromatic hydroxyl groups is 2. The molecule has 0 aliphatic carbocycles. The van der Waals surface area contributed by atoms with Gasteiger partial charge in [-0.05, 0) is 22.9 Å².